The van der Waals surface area contributed by atoms with Crippen LogP contribution < -0.4 is 0 Å². The third-order valence-electron chi connectivity index (χ3n) is 6.32. The van der Waals surface area contributed by atoms with E-state index in [1.807, 2.05) is 4.90 Å². The van der Waals surface area contributed by atoms with Crippen molar-refractivity contribution < 1.29 is 32.6 Å². The summed E-state index contributed by atoms with van der Waals surface area (Å²) in [4.78, 5) is 25.7. The largest absolute Gasteiger partial charge is 0.490 e. The molecule has 3 heterocycles. The van der Waals surface area contributed by atoms with E-state index in [4.69, 9.17) is 14.6 Å². The van der Waals surface area contributed by atoms with Crippen molar-refractivity contribution in [2.75, 3.05) is 39.3 Å². The van der Waals surface area contributed by atoms with Crippen LogP contribution in [0.5, 0.6) is 0 Å². The number of rotatable bonds is 3. The van der Waals surface area contributed by atoms with Gasteiger partial charge in [0.25, 0.3) is 0 Å². The van der Waals surface area contributed by atoms with Crippen LogP contribution in [0.25, 0.3) is 0 Å². The molecule has 1 amide bonds. The Morgan fingerprint density at radius 3 is 2.11 bits per heavy atom. The Morgan fingerprint density at radius 1 is 1.07 bits per heavy atom. The molecule has 1 spiro atoms. The molecule has 1 aliphatic carbocycles. The highest BCUT2D eigenvalue weighted by molar-refractivity contribution is 5.80. The maximum absolute atomic E-state index is 12.2. The van der Waals surface area contributed by atoms with E-state index in [1.54, 1.807) is 0 Å². The van der Waals surface area contributed by atoms with Crippen molar-refractivity contribution >= 4 is 11.9 Å². The van der Waals surface area contributed by atoms with Crippen molar-refractivity contribution in [2.45, 2.75) is 56.7 Å². The zero-order chi connectivity index (χ0) is 20.4. The molecule has 0 aromatic heterocycles. The number of likely N-dealkylation sites (tertiary alicyclic amines) is 2. The Bertz CT molecular complexity index is 558. The summed E-state index contributed by atoms with van der Waals surface area (Å²) in [7, 11) is 0. The standard InChI is InChI=1S/C17H28N2O2.C2HF3O2/c20-16(15-4-3-5-15)19-12-17(13-19)7-6-14(11-21-17)10-18-8-1-2-9-18;3-2(4,5)1(6)7/h14-15H,1-13H2;(H,6,7). The summed E-state index contributed by atoms with van der Waals surface area (Å²) in [6.07, 6.45) is 3.56. The first kappa shape index (κ1) is 21.4. The number of carbonyl (C=O) groups excluding carboxylic acids is 1. The van der Waals surface area contributed by atoms with Gasteiger partial charge in [-0.25, -0.2) is 4.79 Å². The molecule has 1 saturated carbocycles. The van der Waals surface area contributed by atoms with Gasteiger partial charge in [0.2, 0.25) is 5.91 Å². The molecule has 160 valence electrons. The van der Waals surface area contributed by atoms with Crippen molar-refractivity contribution in [3.8, 4) is 0 Å². The number of nitrogens with zero attached hydrogens (tertiary/aromatic N) is 2. The fraction of sp³-hybridized carbons (Fsp3) is 0.895. The summed E-state index contributed by atoms with van der Waals surface area (Å²) in [5.74, 6) is -1.30. The quantitative estimate of drug-likeness (QED) is 0.780. The summed E-state index contributed by atoms with van der Waals surface area (Å²) < 4.78 is 38.0. The number of amides is 1. The molecule has 0 radical (unpaired) electrons. The molecule has 9 heteroatoms. The molecule has 0 aromatic carbocycles. The third kappa shape index (κ3) is 5.17. The number of hydrogen-bond donors (Lipinski definition) is 1. The van der Waals surface area contributed by atoms with Gasteiger partial charge in [-0.1, -0.05) is 6.42 Å². The lowest BCUT2D eigenvalue weighted by atomic mass is 9.79. The lowest BCUT2D eigenvalue weighted by Gasteiger charge is -2.54. The van der Waals surface area contributed by atoms with E-state index in [0.29, 0.717) is 17.7 Å². The van der Waals surface area contributed by atoms with Gasteiger partial charge in [0, 0.05) is 12.5 Å². The number of carboxylic acids is 1. The number of halogens is 3. The van der Waals surface area contributed by atoms with Crippen LogP contribution >= 0.6 is 0 Å². The number of hydrogen-bond acceptors (Lipinski definition) is 4. The first-order valence-corrected chi connectivity index (χ1v) is 10.1. The molecule has 1 atom stereocenters. The van der Waals surface area contributed by atoms with Crippen LogP contribution in [-0.2, 0) is 14.3 Å². The van der Waals surface area contributed by atoms with E-state index in [-0.39, 0.29) is 5.60 Å². The van der Waals surface area contributed by atoms with E-state index in [9.17, 15) is 18.0 Å². The Morgan fingerprint density at radius 2 is 1.68 bits per heavy atom. The van der Waals surface area contributed by atoms with E-state index >= 15 is 0 Å². The second-order valence-corrected chi connectivity index (χ2v) is 8.53. The van der Waals surface area contributed by atoms with Crippen LogP contribution in [0.15, 0.2) is 0 Å². The summed E-state index contributed by atoms with van der Waals surface area (Å²) in [5, 5.41) is 7.12. The summed E-state index contributed by atoms with van der Waals surface area (Å²) >= 11 is 0. The van der Waals surface area contributed by atoms with Crippen LogP contribution in [0, 0.1) is 11.8 Å². The molecule has 4 rings (SSSR count). The molecule has 1 N–H and O–H groups in total. The topological polar surface area (TPSA) is 70.1 Å². The average Bonchev–Trinajstić information content (AvgIpc) is 3.04. The number of carboxylic acid groups (broad SMARTS) is 1. The molecule has 4 fully saturated rings. The molecule has 3 saturated heterocycles. The lowest BCUT2D eigenvalue weighted by molar-refractivity contribution is -0.193. The molecule has 0 bridgehead atoms. The van der Waals surface area contributed by atoms with Crippen LogP contribution in [0.1, 0.15) is 44.9 Å². The van der Waals surface area contributed by atoms with Gasteiger partial charge in [-0.15, -0.1) is 0 Å². The Kier molecular flexibility index (Phi) is 6.54. The highest BCUT2D eigenvalue weighted by Gasteiger charge is 2.49. The smallest absolute Gasteiger partial charge is 0.475 e. The highest BCUT2D eigenvalue weighted by atomic mass is 19.4. The molecule has 4 aliphatic rings. The monoisotopic (exact) mass is 406 g/mol. The summed E-state index contributed by atoms with van der Waals surface area (Å²) in [6, 6.07) is 0. The highest BCUT2D eigenvalue weighted by Crippen LogP contribution is 2.39. The maximum Gasteiger partial charge on any atom is 0.490 e. The van der Waals surface area contributed by atoms with Gasteiger partial charge in [-0.05, 0) is 57.5 Å². The molecular formula is C19H29F3N2O4. The van der Waals surface area contributed by atoms with E-state index in [1.165, 1.54) is 45.3 Å². The minimum atomic E-state index is -5.08. The Balaban J connectivity index is 0.000000279. The number of ether oxygens (including phenoxy) is 1. The first-order chi connectivity index (χ1) is 13.2. The first-order valence-electron chi connectivity index (χ1n) is 10.1. The van der Waals surface area contributed by atoms with Gasteiger partial charge in [-0.3, -0.25) is 4.79 Å². The van der Waals surface area contributed by atoms with Crippen molar-refractivity contribution in [2.24, 2.45) is 11.8 Å². The lowest BCUT2D eigenvalue weighted by Crippen LogP contribution is -2.67. The van der Waals surface area contributed by atoms with Gasteiger partial charge in [0.1, 0.15) is 5.60 Å². The van der Waals surface area contributed by atoms with Crippen LogP contribution in [0.4, 0.5) is 13.2 Å². The zero-order valence-corrected chi connectivity index (χ0v) is 16.0. The van der Waals surface area contributed by atoms with Crippen molar-refractivity contribution in [3.05, 3.63) is 0 Å². The predicted molar refractivity (Wildman–Crippen MR) is 94.7 cm³/mol. The Labute approximate surface area is 163 Å². The van der Waals surface area contributed by atoms with Crippen molar-refractivity contribution in [1.82, 2.24) is 9.80 Å². The van der Waals surface area contributed by atoms with Crippen molar-refractivity contribution in [1.29, 1.82) is 0 Å². The number of alkyl halides is 3. The zero-order valence-electron chi connectivity index (χ0n) is 16.0. The number of aliphatic carboxylic acids is 1. The Hall–Kier alpha value is -1.35. The van der Waals surface area contributed by atoms with Crippen LogP contribution in [0.2, 0.25) is 0 Å². The van der Waals surface area contributed by atoms with Gasteiger partial charge < -0.3 is 19.6 Å². The summed E-state index contributed by atoms with van der Waals surface area (Å²) in [6.45, 7) is 6.41. The fourth-order valence-electron chi connectivity index (χ4n) is 4.36. The molecule has 1 unspecified atom stereocenters. The van der Waals surface area contributed by atoms with Crippen LogP contribution in [-0.4, -0.2) is 77.9 Å². The minimum absolute atomic E-state index is 0.0287. The van der Waals surface area contributed by atoms with Gasteiger partial charge in [0.15, 0.2) is 0 Å². The summed E-state index contributed by atoms with van der Waals surface area (Å²) in [5.41, 5.74) is 0.0287. The fourth-order valence-corrected chi connectivity index (χ4v) is 4.36. The minimum Gasteiger partial charge on any atom is -0.475 e. The van der Waals surface area contributed by atoms with E-state index < -0.39 is 12.1 Å². The average molecular weight is 406 g/mol. The second kappa shape index (κ2) is 8.57. The molecule has 3 aliphatic heterocycles. The van der Waals surface area contributed by atoms with Crippen molar-refractivity contribution in [3.63, 3.8) is 0 Å². The van der Waals surface area contributed by atoms with E-state index in [2.05, 4.69) is 4.90 Å². The number of carbonyl (C=O) groups is 2. The molecule has 6 nitrogen and oxygen atoms in total. The van der Waals surface area contributed by atoms with Gasteiger partial charge >= 0.3 is 12.1 Å². The predicted octanol–water partition coefficient (Wildman–Crippen LogP) is 2.52. The maximum atomic E-state index is 12.2. The third-order valence-corrected chi connectivity index (χ3v) is 6.32. The second-order valence-electron chi connectivity index (χ2n) is 8.53. The van der Waals surface area contributed by atoms with E-state index in [0.717, 1.165) is 39.0 Å². The van der Waals surface area contributed by atoms with Crippen LogP contribution in [0.3, 0.4) is 0 Å². The SMILES string of the molecule is O=C(C1CCC1)N1CC2(CCC(CN3CCCC3)CO2)C1.O=C(O)C(F)(F)F. The van der Waals surface area contributed by atoms with Gasteiger partial charge in [0.05, 0.1) is 19.7 Å². The molecular weight excluding hydrogens is 377 g/mol. The normalized spacial score (nSPS) is 27.5. The van der Waals surface area contributed by atoms with Gasteiger partial charge in [-0.2, -0.15) is 13.2 Å². The molecule has 28 heavy (non-hydrogen) atoms. The molecule has 0 aromatic rings.